The zero-order chi connectivity index (χ0) is 12.2. The Morgan fingerprint density at radius 1 is 1.25 bits per heavy atom. The second-order valence-corrected chi connectivity index (χ2v) is 5.29. The van der Waals surface area contributed by atoms with Gasteiger partial charge in [-0.05, 0) is 45.0 Å². The molecule has 0 radical (unpaired) electrons. The van der Waals surface area contributed by atoms with E-state index in [2.05, 4.69) is 26.1 Å². The molecule has 0 saturated carbocycles. The quantitative estimate of drug-likeness (QED) is 0.817. The molecule has 0 unspecified atom stereocenters. The third-order valence-electron chi connectivity index (χ3n) is 2.17. The molecule has 0 aliphatic heterocycles. The zero-order valence-corrected chi connectivity index (χ0v) is 10.8. The molecule has 0 aliphatic carbocycles. The van der Waals surface area contributed by atoms with Gasteiger partial charge in [0.05, 0.1) is 0 Å². The predicted octanol–water partition coefficient (Wildman–Crippen LogP) is 3.30. The first-order chi connectivity index (χ1) is 7.38. The Kier molecular flexibility index (Phi) is 4.51. The fourth-order valence-electron chi connectivity index (χ4n) is 1.33. The Morgan fingerprint density at radius 2 is 1.81 bits per heavy atom. The van der Waals surface area contributed by atoms with Gasteiger partial charge in [-0.3, -0.25) is 4.79 Å². The molecule has 0 atom stereocenters. The lowest BCUT2D eigenvalue weighted by Crippen LogP contribution is -2.37. The second kappa shape index (κ2) is 5.46. The molecule has 0 spiro atoms. The van der Waals surface area contributed by atoms with Gasteiger partial charge in [-0.25, -0.2) is 0 Å². The van der Waals surface area contributed by atoms with Crippen LogP contribution >= 0.6 is 11.6 Å². The lowest BCUT2D eigenvalue weighted by Gasteiger charge is -2.20. The molecule has 0 heterocycles. The molecule has 0 amide bonds. The van der Waals surface area contributed by atoms with Crippen LogP contribution in [0.3, 0.4) is 0 Å². The average molecular weight is 240 g/mol. The number of halogens is 1. The fraction of sp³-hybridized carbons (Fsp3) is 0.462. The van der Waals surface area contributed by atoms with Crippen molar-refractivity contribution in [3.05, 3.63) is 34.9 Å². The molecule has 0 fully saturated rings. The molecule has 0 bridgehead atoms. The van der Waals surface area contributed by atoms with Crippen LogP contribution < -0.4 is 5.32 Å². The number of ketones is 1. The number of hydrogen-bond acceptors (Lipinski definition) is 2. The van der Waals surface area contributed by atoms with E-state index in [9.17, 15) is 4.79 Å². The molecule has 0 aliphatic rings. The Labute approximate surface area is 102 Å². The molecule has 1 aromatic carbocycles. The number of hydrogen-bond donors (Lipinski definition) is 1. The molecule has 1 rings (SSSR count). The average Bonchev–Trinajstić information content (AvgIpc) is 2.16. The molecule has 3 heteroatoms. The van der Waals surface area contributed by atoms with Crippen LogP contribution in [-0.4, -0.2) is 17.9 Å². The zero-order valence-electron chi connectivity index (χ0n) is 10.0. The highest BCUT2D eigenvalue weighted by Gasteiger charge is 2.10. The van der Waals surface area contributed by atoms with Crippen LogP contribution in [0.25, 0.3) is 0 Å². The van der Waals surface area contributed by atoms with E-state index >= 15 is 0 Å². The van der Waals surface area contributed by atoms with Crippen molar-refractivity contribution in [1.82, 2.24) is 5.32 Å². The van der Waals surface area contributed by atoms with Crippen LogP contribution in [0.5, 0.6) is 0 Å². The number of carbonyl (C=O) groups is 1. The van der Waals surface area contributed by atoms with Crippen LogP contribution in [0.1, 0.15) is 37.6 Å². The first kappa shape index (κ1) is 13.2. The fourth-order valence-corrected chi connectivity index (χ4v) is 1.46. The monoisotopic (exact) mass is 239 g/mol. The molecule has 88 valence electrons. The summed E-state index contributed by atoms with van der Waals surface area (Å²) in [6.07, 6.45) is 0.513. The Bertz CT molecular complexity index is 351. The maximum atomic E-state index is 11.8. The summed E-state index contributed by atoms with van der Waals surface area (Å²) in [5, 5.41) is 3.94. The van der Waals surface area contributed by atoms with Gasteiger partial charge in [0.1, 0.15) is 0 Å². The second-order valence-electron chi connectivity index (χ2n) is 4.86. The molecule has 1 aromatic rings. The number of benzene rings is 1. The summed E-state index contributed by atoms with van der Waals surface area (Å²) >= 11 is 5.76. The van der Waals surface area contributed by atoms with Gasteiger partial charge in [-0.15, -0.1) is 0 Å². The molecular formula is C13H18ClNO. The lowest BCUT2D eigenvalue weighted by molar-refractivity contribution is 0.0980. The van der Waals surface area contributed by atoms with E-state index in [1.54, 1.807) is 24.3 Å². The standard InChI is InChI=1S/C13H18ClNO/c1-13(2,3)15-9-8-12(16)10-4-6-11(14)7-5-10/h4-7,15H,8-9H2,1-3H3. The van der Waals surface area contributed by atoms with Crippen LogP contribution in [0.4, 0.5) is 0 Å². The van der Waals surface area contributed by atoms with Gasteiger partial charge in [0.25, 0.3) is 0 Å². The summed E-state index contributed by atoms with van der Waals surface area (Å²) in [6.45, 7) is 6.95. The summed E-state index contributed by atoms with van der Waals surface area (Å²) in [5.74, 6) is 0.147. The van der Waals surface area contributed by atoms with Gasteiger partial charge in [0, 0.05) is 29.1 Å². The minimum Gasteiger partial charge on any atom is -0.312 e. The van der Waals surface area contributed by atoms with Crippen LogP contribution in [0.15, 0.2) is 24.3 Å². The van der Waals surface area contributed by atoms with Gasteiger partial charge in [0.2, 0.25) is 0 Å². The minimum atomic E-state index is 0.0558. The summed E-state index contributed by atoms with van der Waals surface area (Å²) in [6, 6.07) is 7.02. The first-order valence-electron chi connectivity index (χ1n) is 5.42. The van der Waals surface area contributed by atoms with Gasteiger partial charge < -0.3 is 5.32 Å². The van der Waals surface area contributed by atoms with Crippen molar-refractivity contribution in [1.29, 1.82) is 0 Å². The van der Waals surface area contributed by atoms with Crippen molar-refractivity contribution in [3.8, 4) is 0 Å². The molecule has 0 saturated heterocycles. The Balaban J connectivity index is 2.44. The van der Waals surface area contributed by atoms with Crippen molar-refractivity contribution < 1.29 is 4.79 Å². The number of nitrogens with one attached hydrogen (secondary N) is 1. The normalized spacial score (nSPS) is 11.5. The van der Waals surface area contributed by atoms with E-state index < -0.39 is 0 Å². The largest absolute Gasteiger partial charge is 0.312 e. The highest BCUT2D eigenvalue weighted by atomic mass is 35.5. The predicted molar refractivity (Wildman–Crippen MR) is 68.2 cm³/mol. The van der Waals surface area contributed by atoms with Crippen molar-refractivity contribution in [2.75, 3.05) is 6.54 Å². The highest BCUT2D eigenvalue weighted by molar-refractivity contribution is 6.30. The van der Waals surface area contributed by atoms with E-state index in [0.717, 1.165) is 5.56 Å². The summed E-state index contributed by atoms with van der Waals surface area (Å²) < 4.78 is 0. The SMILES string of the molecule is CC(C)(C)NCCC(=O)c1ccc(Cl)cc1. The highest BCUT2D eigenvalue weighted by Crippen LogP contribution is 2.11. The Hall–Kier alpha value is -0.860. The summed E-state index contributed by atoms with van der Waals surface area (Å²) in [5.41, 5.74) is 0.778. The summed E-state index contributed by atoms with van der Waals surface area (Å²) in [4.78, 5) is 11.8. The van der Waals surface area contributed by atoms with Crippen LogP contribution in [0.2, 0.25) is 5.02 Å². The van der Waals surface area contributed by atoms with Crippen LogP contribution in [-0.2, 0) is 0 Å². The molecule has 1 N–H and O–H groups in total. The van der Waals surface area contributed by atoms with E-state index in [-0.39, 0.29) is 11.3 Å². The van der Waals surface area contributed by atoms with Crippen molar-refractivity contribution in [2.45, 2.75) is 32.7 Å². The van der Waals surface area contributed by atoms with Crippen molar-refractivity contribution in [3.63, 3.8) is 0 Å². The van der Waals surface area contributed by atoms with E-state index in [0.29, 0.717) is 18.0 Å². The van der Waals surface area contributed by atoms with Gasteiger partial charge in [-0.2, -0.15) is 0 Å². The van der Waals surface area contributed by atoms with Crippen LogP contribution in [0, 0.1) is 0 Å². The van der Waals surface area contributed by atoms with Crippen molar-refractivity contribution in [2.24, 2.45) is 0 Å². The van der Waals surface area contributed by atoms with Crippen molar-refractivity contribution >= 4 is 17.4 Å². The maximum absolute atomic E-state index is 11.8. The third kappa shape index (κ3) is 4.77. The lowest BCUT2D eigenvalue weighted by atomic mass is 10.1. The third-order valence-corrected chi connectivity index (χ3v) is 2.43. The Morgan fingerprint density at radius 3 is 2.31 bits per heavy atom. The van der Waals surface area contributed by atoms with E-state index in [4.69, 9.17) is 11.6 Å². The maximum Gasteiger partial charge on any atom is 0.164 e. The minimum absolute atomic E-state index is 0.0558. The number of rotatable bonds is 4. The van der Waals surface area contributed by atoms with E-state index in [1.165, 1.54) is 0 Å². The van der Waals surface area contributed by atoms with Gasteiger partial charge in [-0.1, -0.05) is 11.6 Å². The summed E-state index contributed by atoms with van der Waals surface area (Å²) in [7, 11) is 0. The van der Waals surface area contributed by atoms with E-state index in [1.807, 2.05) is 0 Å². The molecule has 2 nitrogen and oxygen atoms in total. The molecular weight excluding hydrogens is 222 g/mol. The molecule has 0 aromatic heterocycles. The van der Waals surface area contributed by atoms with Gasteiger partial charge >= 0.3 is 0 Å². The topological polar surface area (TPSA) is 29.1 Å². The molecule has 16 heavy (non-hydrogen) atoms. The number of carbonyl (C=O) groups excluding carboxylic acids is 1. The van der Waals surface area contributed by atoms with Gasteiger partial charge in [0.15, 0.2) is 5.78 Å². The first-order valence-corrected chi connectivity index (χ1v) is 5.80. The number of Topliss-reactive ketones (excluding diaryl/α,β-unsaturated/α-hetero) is 1. The smallest absolute Gasteiger partial charge is 0.164 e.